The van der Waals surface area contributed by atoms with Crippen molar-refractivity contribution in [1.82, 2.24) is 14.9 Å². The summed E-state index contributed by atoms with van der Waals surface area (Å²) in [5, 5.41) is 6.42. The second-order valence-corrected chi connectivity index (χ2v) is 6.80. The van der Waals surface area contributed by atoms with Crippen LogP contribution in [-0.2, 0) is 4.79 Å². The van der Waals surface area contributed by atoms with Gasteiger partial charge in [-0.1, -0.05) is 0 Å². The number of carbonyl (C=O) groups excluding carboxylic acids is 1. The number of aromatic nitrogens is 2. The van der Waals surface area contributed by atoms with E-state index in [0.29, 0.717) is 47.5 Å². The molecular formula is C20H28N6O4. The summed E-state index contributed by atoms with van der Waals surface area (Å²) < 4.78 is 16.1. The van der Waals surface area contributed by atoms with Crippen LogP contribution in [0.15, 0.2) is 18.2 Å². The van der Waals surface area contributed by atoms with Crippen LogP contribution >= 0.6 is 0 Å². The number of methoxy groups -OCH3 is 3. The van der Waals surface area contributed by atoms with Crippen molar-refractivity contribution in [2.24, 2.45) is 0 Å². The molecule has 1 aliphatic heterocycles. The number of likely N-dealkylation sites (tertiary alicyclic amines) is 1. The number of nitrogens with two attached hydrogens (primary N) is 1. The Kier molecular flexibility index (Phi) is 6.99. The SMILES string of the molecule is COc1cc(Nc2cc(NCCCN3CCCC3=O)nc(N)n2)cc(OC)c1OC. The fourth-order valence-electron chi connectivity index (χ4n) is 3.35. The summed E-state index contributed by atoms with van der Waals surface area (Å²) in [5.41, 5.74) is 6.56. The highest BCUT2D eigenvalue weighted by molar-refractivity contribution is 5.78. The number of nitrogens with zero attached hydrogens (tertiary/aromatic N) is 3. The third-order valence-corrected chi connectivity index (χ3v) is 4.76. The van der Waals surface area contributed by atoms with Crippen molar-refractivity contribution in [3.63, 3.8) is 0 Å². The van der Waals surface area contributed by atoms with Crippen molar-refractivity contribution >= 4 is 29.2 Å². The van der Waals surface area contributed by atoms with Gasteiger partial charge in [0.25, 0.3) is 0 Å². The third-order valence-electron chi connectivity index (χ3n) is 4.76. The van der Waals surface area contributed by atoms with Crippen molar-refractivity contribution < 1.29 is 19.0 Å². The molecule has 1 aromatic carbocycles. The quantitative estimate of drug-likeness (QED) is 0.500. The minimum absolute atomic E-state index is 0.143. The average Bonchev–Trinajstić information content (AvgIpc) is 3.14. The van der Waals surface area contributed by atoms with Gasteiger partial charge in [-0.05, 0) is 12.8 Å². The van der Waals surface area contributed by atoms with Crippen molar-refractivity contribution in [2.45, 2.75) is 19.3 Å². The van der Waals surface area contributed by atoms with Crippen molar-refractivity contribution in [1.29, 1.82) is 0 Å². The summed E-state index contributed by atoms with van der Waals surface area (Å²) >= 11 is 0. The first-order valence-corrected chi connectivity index (χ1v) is 9.77. The maximum atomic E-state index is 11.7. The van der Waals surface area contributed by atoms with Crippen molar-refractivity contribution in [3.8, 4) is 17.2 Å². The van der Waals surface area contributed by atoms with E-state index in [0.717, 1.165) is 25.9 Å². The van der Waals surface area contributed by atoms with Crippen LogP contribution in [0.4, 0.5) is 23.3 Å². The number of benzene rings is 1. The van der Waals surface area contributed by atoms with Gasteiger partial charge in [-0.25, -0.2) is 0 Å². The molecule has 4 N–H and O–H groups in total. The molecule has 2 heterocycles. The van der Waals surface area contributed by atoms with E-state index in [2.05, 4.69) is 20.6 Å². The Morgan fingerprint density at radius 3 is 2.37 bits per heavy atom. The first-order valence-electron chi connectivity index (χ1n) is 9.77. The molecule has 10 nitrogen and oxygen atoms in total. The maximum Gasteiger partial charge on any atom is 0.223 e. The van der Waals surface area contributed by atoms with Crippen molar-refractivity contribution in [3.05, 3.63) is 18.2 Å². The number of anilines is 4. The number of nitrogens with one attached hydrogen (secondary N) is 2. The Bertz CT molecular complexity index is 867. The van der Waals surface area contributed by atoms with Crippen LogP contribution in [0.3, 0.4) is 0 Å². The molecule has 1 saturated heterocycles. The molecule has 1 amide bonds. The first-order chi connectivity index (χ1) is 14.5. The van der Waals surface area contributed by atoms with E-state index < -0.39 is 0 Å². The zero-order valence-electron chi connectivity index (χ0n) is 17.5. The highest BCUT2D eigenvalue weighted by Gasteiger charge is 2.19. The fraction of sp³-hybridized carbons (Fsp3) is 0.450. The Balaban J connectivity index is 1.65. The molecule has 0 aliphatic carbocycles. The van der Waals surface area contributed by atoms with E-state index in [-0.39, 0.29) is 11.9 Å². The van der Waals surface area contributed by atoms with Gasteiger partial charge in [0.2, 0.25) is 17.6 Å². The maximum absolute atomic E-state index is 11.7. The molecule has 1 fully saturated rings. The highest BCUT2D eigenvalue weighted by Crippen LogP contribution is 2.40. The summed E-state index contributed by atoms with van der Waals surface area (Å²) in [5.74, 6) is 3.06. The van der Waals surface area contributed by atoms with E-state index in [1.54, 1.807) is 39.5 Å². The zero-order valence-corrected chi connectivity index (χ0v) is 17.5. The fourth-order valence-corrected chi connectivity index (χ4v) is 3.35. The molecule has 0 unspecified atom stereocenters. The Morgan fingerprint density at radius 2 is 1.77 bits per heavy atom. The predicted octanol–water partition coefficient (Wildman–Crippen LogP) is 2.25. The van der Waals surface area contributed by atoms with E-state index >= 15 is 0 Å². The smallest absolute Gasteiger partial charge is 0.223 e. The van der Waals surface area contributed by atoms with Gasteiger partial charge in [0, 0.05) is 49.9 Å². The second-order valence-electron chi connectivity index (χ2n) is 6.80. The van der Waals surface area contributed by atoms with Gasteiger partial charge < -0.3 is 35.5 Å². The molecule has 0 radical (unpaired) electrons. The summed E-state index contributed by atoms with van der Waals surface area (Å²) in [6, 6.07) is 5.32. The topological polar surface area (TPSA) is 124 Å². The molecule has 0 spiro atoms. The molecular weight excluding hydrogens is 388 g/mol. The van der Waals surface area contributed by atoms with Crippen LogP contribution in [0.25, 0.3) is 0 Å². The molecule has 1 aromatic heterocycles. The van der Waals surface area contributed by atoms with Crippen molar-refractivity contribution in [2.75, 3.05) is 57.3 Å². The monoisotopic (exact) mass is 416 g/mol. The first kappa shape index (κ1) is 21.3. The molecule has 1 aliphatic rings. The predicted molar refractivity (Wildman–Crippen MR) is 115 cm³/mol. The molecule has 0 atom stereocenters. The lowest BCUT2D eigenvalue weighted by atomic mass is 10.2. The van der Waals surface area contributed by atoms with E-state index in [1.165, 1.54) is 0 Å². The molecule has 3 rings (SSSR count). The van der Waals surface area contributed by atoms with E-state index in [4.69, 9.17) is 19.9 Å². The van der Waals surface area contributed by atoms with Crippen LogP contribution in [0.1, 0.15) is 19.3 Å². The molecule has 10 heteroatoms. The van der Waals surface area contributed by atoms with E-state index in [1.807, 2.05) is 4.90 Å². The number of amides is 1. The number of hydrogen-bond acceptors (Lipinski definition) is 9. The molecule has 2 aromatic rings. The lowest BCUT2D eigenvalue weighted by molar-refractivity contribution is -0.127. The Hall–Kier alpha value is -3.43. The number of ether oxygens (including phenoxy) is 3. The highest BCUT2D eigenvalue weighted by atomic mass is 16.5. The molecule has 162 valence electrons. The van der Waals surface area contributed by atoms with Gasteiger partial charge in [-0.2, -0.15) is 9.97 Å². The lowest BCUT2D eigenvalue weighted by Crippen LogP contribution is -2.27. The van der Waals surface area contributed by atoms with Gasteiger partial charge in [-0.3, -0.25) is 4.79 Å². The second kappa shape index (κ2) is 9.86. The third kappa shape index (κ3) is 5.13. The number of nitrogen functional groups attached to an aromatic ring is 1. The zero-order chi connectivity index (χ0) is 21.5. The normalized spacial score (nSPS) is 13.3. The average molecular weight is 416 g/mol. The van der Waals surface area contributed by atoms with Crippen LogP contribution in [-0.4, -0.2) is 61.7 Å². The summed E-state index contributed by atoms with van der Waals surface area (Å²) in [6.07, 6.45) is 2.43. The summed E-state index contributed by atoms with van der Waals surface area (Å²) in [4.78, 5) is 22.0. The largest absolute Gasteiger partial charge is 0.493 e. The van der Waals surface area contributed by atoms with Gasteiger partial charge in [0.1, 0.15) is 11.6 Å². The Labute approximate surface area is 175 Å². The molecule has 0 bridgehead atoms. The van der Waals surface area contributed by atoms with Crippen LogP contribution in [0, 0.1) is 0 Å². The number of rotatable bonds is 10. The van der Waals surface area contributed by atoms with Crippen LogP contribution in [0.5, 0.6) is 17.2 Å². The minimum Gasteiger partial charge on any atom is -0.493 e. The lowest BCUT2D eigenvalue weighted by Gasteiger charge is -2.16. The number of hydrogen-bond donors (Lipinski definition) is 3. The number of carbonyl (C=O) groups is 1. The van der Waals surface area contributed by atoms with Gasteiger partial charge >= 0.3 is 0 Å². The van der Waals surface area contributed by atoms with Gasteiger partial charge in [0.05, 0.1) is 21.3 Å². The Morgan fingerprint density at radius 1 is 1.07 bits per heavy atom. The van der Waals surface area contributed by atoms with Gasteiger partial charge in [0.15, 0.2) is 11.5 Å². The van der Waals surface area contributed by atoms with Crippen LogP contribution in [0.2, 0.25) is 0 Å². The molecule has 30 heavy (non-hydrogen) atoms. The molecule has 0 saturated carbocycles. The van der Waals surface area contributed by atoms with Crippen LogP contribution < -0.4 is 30.6 Å². The van der Waals surface area contributed by atoms with Gasteiger partial charge in [-0.15, -0.1) is 0 Å². The summed E-state index contributed by atoms with van der Waals surface area (Å²) in [6.45, 7) is 2.26. The minimum atomic E-state index is 0.143. The summed E-state index contributed by atoms with van der Waals surface area (Å²) in [7, 11) is 4.67. The standard InChI is InChI=1S/C20H28N6O4/c1-28-14-10-13(11-15(29-2)19(14)30-3)23-17-12-16(24-20(21)25-17)22-7-5-9-26-8-4-6-18(26)27/h10-12H,4-9H2,1-3H3,(H4,21,22,23,24,25). The van der Waals surface area contributed by atoms with E-state index in [9.17, 15) is 4.79 Å².